The Morgan fingerprint density at radius 1 is 1.33 bits per heavy atom. The maximum atomic E-state index is 5.69. The normalized spacial score (nSPS) is 18.1. The number of hydrogen-bond acceptors (Lipinski definition) is 3. The molecule has 0 saturated carbocycles. The zero-order valence-corrected chi connectivity index (χ0v) is 12.7. The zero-order chi connectivity index (χ0) is 11.7. The van der Waals surface area contributed by atoms with Crippen LogP contribution in [0.5, 0.6) is 0 Å². The summed E-state index contributed by atoms with van der Waals surface area (Å²) in [5, 5.41) is -0.0281. The minimum absolute atomic E-state index is 0.0281. The molecule has 0 bridgehead atoms. The first-order chi connectivity index (χ1) is 7.05. The number of ether oxygens (including phenoxy) is 2. The van der Waals surface area contributed by atoms with Gasteiger partial charge in [-0.15, -0.1) is 0 Å². The summed E-state index contributed by atoms with van der Waals surface area (Å²) in [5.41, 5.74) is 0. The Morgan fingerprint density at radius 2 is 2.00 bits per heavy atom. The molecule has 0 aromatic heterocycles. The van der Waals surface area contributed by atoms with Crippen molar-refractivity contribution in [2.45, 2.75) is 52.0 Å². The van der Waals surface area contributed by atoms with Crippen LogP contribution in [0.2, 0.25) is 0 Å². The van der Waals surface area contributed by atoms with Crippen molar-refractivity contribution in [1.29, 1.82) is 0 Å². The number of nitrogens with zero attached hydrogens (tertiary/aromatic N) is 1. The van der Waals surface area contributed by atoms with E-state index in [1.54, 1.807) is 0 Å². The van der Waals surface area contributed by atoms with Gasteiger partial charge in [-0.2, -0.15) is 0 Å². The molecule has 0 aliphatic heterocycles. The van der Waals surface area contributed by atoms with E-state index in [-0.39, 0.29) is 11.5 Å². The zero-order valence-electron chi connectivity index (χ0n) is 10.7. The molecule has 0 saturated heterocycles. The van der Waals surface area contributed by atoms with Crippen LogP contribution >= 0.6 is 0 Å². The van der Waals surface area contributed by atoms with Crippen LogP contribution in [0.1, 0.15) is 40.5 Å². The molecule has 4 heteroatoms. The summed E-state index contributed by atoms with van der Waals surface area (Å²) < 4.78 is 11.3. The van der Waals surface area contributed by atoms with Gasteiger partial charge in [0.05, 0.1) is 5.22 Å². The third-order valence-corrected chi connectivity index (χ3v) is 2.71. The van der Waals surface area contributed by atoms with Gasteiger partial charge in [-0.1, -0.05) is 6.92 Å². The van der Waals surface area contributed by atoms with E-state index in [2.05, 4.69) is 18.8 Å². The number of rotatable bonds is 8. The fourth-order valence-corrected chi connectivity index (χ4v) is 2.08. The molecule has 0 aliphatic carbocycles. The van der Waals surface area contributed by atoms with Crippen molar-refractivity contribution >= 4 is 16.5 Å². The Morgan fingerprint density at radius 3 is 2.47 bits per heavy atom. The van der Waals surface area contributed by atoms with Crippen molar-refractivity contribution in [2.75, 3.05) is 13.2 Å². The van der Waals surface area contributed by atoms with E-state index in [1.807, 2.05) is 20.1 Å². The predicted molar refractivity (Wildman–Crippen MR) is 68.8 cm³/mol. The minimum atomic E-state index is -0.0380. The highest BCUT2D eigenvalue weighted by Crippen LogP contribution is 2.16. The maximum Gasteiger partial charge on any atom is 0.150 e. The molecule has 0 aromatic carbocycles. The summed E-state index contributed by atoms with van der Waals surface area (Å²) in [6.07, 6.45) is 3.70. The lowest BCUT2D eigenvalue weighted by Gasteiger charge is -2.27. The molecule has 90 valence electrons. The number of aliphatic imine (C=N–C) groups is 1. The smallest absolute Gasteiger partial charge is 0.150 e. The van der Waals surface area contributed by atoms with Crippen LogP contribution < -0.4 is 0 Å². The second-order valence-electron chi connectivity index (χ2n) is 4.05. The first-order valence-corrected chi connectivity index (χ1v) is 6.82. The van der Waals surface area contributed by atoms with Crippen LogP contribution in [0.3, 0.4) is 0 Å². The largest absolute Gasteiger partial charge is 0.380 e. The van der Waals surface area contributed by atoms with Crippen molar-refractivity contribution in [3.63, 3.8) is 0 Å². The molecule has 15 heavy (non-hydrogen) atoms. The topological polar surface area (TPSA) is 30.8 Å². The Kier molecular flexibility index (Phi) is 7.91. The third kappa shape index (κ3) is 7.70. The first-order valence-electron chi connectivity index (χ1n) is 5.82. The van der Waals surface area contributed by atoms with Crippen LogP contribution in [-0.4, -0.2) is 41.1 Å². The van der Waals surface area contributed by atoms with E-state index in [4.69, 9.17) is 9.47 Å². The van der Waals surface area contributed by atoms with Gasteiger partial charge in [0.15, 0.2) is 0 Å². The standard InChI is InChI=1S/C11H25NO2Si/c1-5-8-12-10(13-6-2)9-11(4,15)14-7-3/h8,10H,5-7,9H2,1-4,15H3. The third-order valence-electron chi connectivity index (χ3n) is 2.01. The molecule has 0 fully saturated rings. The SMILES string of the molecule is CCC=NC(CC(C)([SiH3])OCC)OCC. The van der Waals surface area contributed by atoms with Gasteiger partial charge >= 0.3 is 0 Å². The van der Waals surface area contributed by atoms with Gasteiger partial charge in [0.2, 0.25) is 0 Å². The van der Waals surface area contributed by atoms with Crippen LogP contribution in [0.25, 0.3) is 0 Å². The quantitative estimate of drug-likeness (QED) is 0.466. The second-order valence-corrected chi connectivity index (χ2v) is 6.16. The highest BCUT2D eigenvalue weighted by atomic mass is 28.1. The van der Waals surface area contributed by atoms with Gasteiger partial charge in [0.25, 0.3) is 0 Å². The first kappa shape index (κ1) is 14.8. The van der Waals surface area contributed by atoms with Gasteiger partial charge in [-0.25, -0.2) is 0 Å². The lowest BCUT2D eigenvalue weighted by atomic mass is 10.2. The fraction of sp³-hybridized carbons (Fsp3) is 0.909. The molecule has 0 spiro atoms. The second kappa shape index (κ2) is 8.02. The molecule has 0 aliphatic rings. The Hall–Kier alpha value is -0.193. The van der Waals surface area contributed by atoms with Crippen LogP contribution in [0.4, 0.5) is 0 Å². The lowest BCUT2D eigenvalue weighted by molar-refractivity contribution is -0.0207. The van der Waals surface area contributed by atoms with Gasteiger partial charge < -0.3 is 9.47 Å². The average molecular weight is 231 g/mol. The summed E-state index contributed by atoms with van der Waals surface area (Å²) in [7, 11) is 0.995. The van der Waals surface area contributed by atoms with Gasteiger partial charge in [-0.05, 0) is 27.2 Å². The molecule has 0 N–H and O–H groups in total. The summed E-state index contributed by atoms with van der Waals surface area (Å²) in [5.74, 6) is 0. The Balaban J connectivity index is 4.19. The van der Waals surface area contributed by atoms with Crippen molar-refractivity contribution in [3.8, 4) is 0 Å². The molecule has 2 unspecified atom stereocenters. The van der Waals surface area contributed by atoms with Crippen LogP contribution in [0, 0.1) is 0 Å². The highest BCUT2D eigenvalue weighted by Gasteiger charge is 2.22. The van der Waals surface area contributed by atoms with Gasteiger partial charge in [0.1, 0.15) is 6.23 Å². The highest BCUT2D eigenvalue weighted by molar-refractivity contribution is 6.14. The van der Waals surface area contributed by atoms with Crippen molar-refractivity contribution in [1.82, 2.24) is 0 Å². The fourth-order valence-electron chi connectivity index (χ4n) is 1.44. The van der Waals surface area contributed by atoms with E-state index in [0.717, 1.165) is 29.7 Å². The monoisotopic (exact) mass is 231 g/mol. The minimum Gasteiger partial charge on any atom is -0.380 e. The molecular formula is C11H25NO2Si. The Labute approximate surface area is 96.7 Å². The van der Waals surface area contributed by atoms with Gasteiger partial charge in [-0.3, -0.25) is 4.99 Å². The summed E-state index contributed by atoms with van der Waals surface area (Å²) in [6.45, 7) is 9.71. The van der Waals surface area contributed by atoms with E-state index in [9.17, 15) is 0 Å². The van der Waals surface area contributed by atoms with E-state index >= 15 is 0 Å². The van der Waals surface area contributed by atoms with E-state index in [0.29, 0.717) is 6.61 Å². The molecule has 0 aromatic rings. The van der Waals surface area contributed by atoms with Crippen molar-refractivity contribution in [3.05, 3.63) is 0 Å². The van der Waals surface area contributed by atoms with Crippen molar-refractivity contribution in [2.24, 2.45) is 4.99 Å². The Bertz CT molecular complexity index is 183. The molecule has 0 rings (SSSR count). The lowest BCUT2D eigenvalue weighted by Crippen LogP contribution is -2.34. The molecule has 2 atom stereocenters. The van der Waals surface area contributed by atoms with E-state index < -0.39 is 0 Å². The number of hydrogen-bond donors (Lipinski definition) is 0. The molecule has 3 nitrogen and oxygen atoms in total. The van der Waals surface area contributed by atoms with Gasteiger partial charge in [0, 0.05) is 36.1 Å². The molecule has 0 radical (unpaired) electrons. The maximum absolute atomic E-state index is 5.69. The van der Waals surface area contributed by atoms with Crippen molar-refractivity contribution < 1.29 is 9.47 Å². The summed E-state index contributed by atoms with van der Waals surface area (Å²) in [4.78, 5) is 4.39. The summed E-state index contributed by atoms with van der Waals surface area (Å²) in [6, 6.07) is 0. The van der Waals surface area contributed by atoms with Crippen LogP contribution in [-0.2, 0) is 9.47 Å². The van der Waals surface area contributed by atoms with E-state index in [1.165, 1.54) is 0 Å². The molecule has 0 amide bonds. The predicted octanol–water partition coefficient (Wildman–Crippen LogP) is 1.34. The average Bonchev–Trinajstić information content (AvgIpc) is 2.14. The molecular weight excluding hydrogens is 206 g/mol. The molecule has 0 heterocycles. The van der Waals surface area contributed by atoms with Crippen LogP contribution in [0.15, 0.2) is 4.99 Å². The summed E-state index contributed by atoms with van der Waals surface area (Å²) >= 11 is 0.